The van der Waals surface area contributed by atoms with Crippen molar-refractivity contribution in [2.24, 2.45) is 11.8 Å². The molecule has 2 nitrogen and oxygen atoms in total. The summed E-state index contributed by atoms with van der Waals surface area (Å²) in [6.07, 6.45) is 56.1. The van der Waals surface area contributed by atoms with Crippen LogP contribution < -0.4 is 0 Å². The quantitative estimate of drug-likeness (QED) is 0.0344. The Morgan fingerprint density at radius 1 is 0.355 bits per heavy atom. The van der Waals surface area contributed by atoms with Crippen LogP contribution in [-0.2, 0) is 25.7 Å². The number of hydrogen-bond acceptors (Lipinski definition) is 0. The molecule has 0 radical (unpaired) electrons. The minimum absolute atomic E-state index is 0.780. The fourth-order valence-corrected chi connectivity index (χ4v) is 14.6. The van der Waals surface area contributed by atoms with E-state index in [1.807, 2.05) is 0 Å². The fourth-order valence-electron chi connectivity index (χ4n) is 13.8. The Morgan fingerprint density at radius 2 is 0.645 bits per heavy atom. The number of hydrogen-bond donors (Lipinski definition) is 0. The van der Waals surface area contributed by atoms with E-state index in [4.69, 9.17) is 0 Å². The van der Waals surface area contributed by atoms with Crippen LogP contribution in [0.25, 0.3) is 44.3 Å². The molecule has 0 bridgehead atoms. The summed E-state index contributed by atoms with van der Waals surface area (Å²) in [5, 5.41) is 2.87. The minimum Gasteiger partial charge on any atom is -0.313 e. The van der Waals surface area contributed by atoms with Gasteiger partial charge < -0.3 is 9.13 Å². The third-order valence-corrected chi connectivity index (χ3v) is 19.4. The lowest BCUT2D eigenvalue weighted by Crippen LogP contribution is -2.16. The molecular weight excluding hydrogens is 1050 g/mol. The van der Waals surface area contributed by atoms with E-state index < -0.39 is 0 Å². The molecule has 0 amide bonds. The van der Waals surface area contributed by atoms with Gasteiger partial charge in [-0.15, -0.1) is 0 Å². The Morgan fingerprint density at radius 3 is 0.947 bits per heavy atom. The van der Waals surface area contributed by atoms with Gasteiger partial charge in [0.15, 0.2) is 0 Å². The first kappa shape index (κ1) is 59.1. The van der Waals surface area contributed by atoms with Gasteiger partial charge in [-0.25, -0.2) is 0 Å². The third-order valence-electron chi connectivity index (χ3n) is 18.4. The van der Waals surface area contributed by atoms with Crippen LogP contribution >= 0.6 is 31.9 Å². The Labute approximate surface area is 481 Å². The van der Waals surface area contributed by atoms with Crippen LogP contribution in [-0.4, -0.2) is 9.13 Å². The highest BCUT2D eigenvalue weighted by atomic mass is 79.9. The van der Waals surface area contributed by atoms with Crippen molar-refractivity contribution < 1.29 is 0 Å². The molecule has 0 saturated heterocycles. The molecule has 0 fully saturated rings. The predicted molar refractivity (Wildman–Crippen MR) is 340 cm³/mol. The number of unbranched alkanes of at least 4 members (excludes halogenated alkanes) is 30. The van der Waals surface area contributed by atoms with Gasteiger partial charge in [0.2, 0.25) is 0 Å². The molecule has 414 valence electrons. The van der Waals surface area contributed by atoms with E-state index >= 15 is 0 Å². The van der Waals surface area contributed by atoms with Crippen molar-refractivity contribution in [2.45, 2.75) is 271 Å². The molecular formula is C72H102Br2N2. The molecule has 0 aliphatic heterocycles. The van der Waals surface area contributed by atoms with Crippen molar-refractivity contribution in [3.05, 3.63) is 116 Å². The smallest absolute Gasteiger partial charge is 0.0535 e. The molecule has 2 heterocycles. The van der Waals surface area contributed by atoms with Crippen LogP contribution in [0.5, 0.6) is 0 Å². The van der Waals surface area contributed by atoms with E-state index in [0.29, 0.717) is 0 Å². The molecule has 2 aromatic heterocycles. The minimum atomic E-state index is 0.780. The summed E-state index contributed by atoms with van der Waals surface area (Å²) < 4.78 is 7.60. The summed E-state index contributed by atoms with van der Waals surface area (Å²) in [5.41, 5.74) is 14.1. The summed E-state index contributed by atoms with van der Waals surface area (Å²) in [5.74, 6) is 1.56. The maximum atomic E-state index is 3.83. The zero-order valence-electron chi connectivity index (χ0n) is 48.2. The van der Waals surface area contributed by atoms with Crippen molar-refractivity contribution >= 4 is 53.7 Å². The molecule has 0 saturated carbocycles. The largest absolute Gasteiger partial charge is 0.313 e. The first-order valence-corrected chi connectivity index (χ1v) is 34.0. The summed E-state index contributed by atoms with van der Waals surface area (Å²) in [4.78, 5) is 0. The van der Waals surface area contributed by atoms with Crippen LogP contribution in [0.1, 0.15) is 268 Å². The number of aryl methyl sites for hydroxylation is 2. The van der Waals surface area contributed by atoms with Gasteiger partial charge in [-0.3, -0.25) is 0 Å². The van der Waals surface area contributed by atoms with Gasteiger partial charge in [-0.2, -0.15) is 0 Å². The predicted octanol–water partition coefficient (Wildman–Crippen LogP) is 24.3. The van der Waals surface area contributed by atoms with Crippen LogP contribution in [0.2, 0.25) is 0 Å². The van der Waals surface area contributed by atoms with E-state index in [9.17, 15) is 0 Å². The fraction of sp³-hybridized carbons (Fsp3) is 0.611. The molecule has 2 unspecified atom stereocenters. The molecule has 2 aliphatic rings. The summed E-state index contributed by atoms with van der Waals surface area (Å²) in [6.45, 7) is 4.63. The summed E-state index contributed by atoms with van der Waals surface area (Å²) in [7, 11) is 0. The molecule has 76 heavy (non-hydrogen) atoms. The van der Waals surface area contributed by atoms with Crippen LogP contribution in [0.15, 0.2) is 93.9 Å². The van der Waals surface area contributed by atoms with Gasteiger partial charge in [0.1, 0.15) is 0 Å². The Bertz CT molecular complexity index is 2400. The monoisotopic (exact) mass is 1150 g/mol. The SMILES string of the molecule is CCCCCCCCCCCCCCCCCCC1CCc2c(n(-c3ccc(-c4ccc(-n5c6c(c7cc(Br)ccc75)CCC(CCCCCCCCCCCCCCCCCC)C6)cc4)cc3)c3ccc(Br)cc23)C1. The molecule has 2 aliphatic carbocycles. The number of aromatic nitrogens is 2. The van der Waals surface area contributed by atoms with Crippen LogP contribution in [0, 0.1) is 11.8 Å². The molecule has 2 atom stereocenters. The average Bonchev–Trinajstić information content (AvgIpc) is 3.96. The van der Waals surface area contributed by atoms with Gasteiger partial charge in [0.05, 0.1) is 11.0 Å². The van der Waals surface area contributed by atoms with E-state index in [1.165, 1.54) is 310 Å². The number of halogens is 2. The van der Waals surface area contributed by atoms with Crippen molar-refractivity contribution in [3.63, 3.8) is 0 Å². The maximum Gasteiger partial charge on any atom is 0.0535 e. The summed E-state index contributed by atoms with van der Waals surface area (Å²) in [6, 6.07) is 32.9. The second-order valence-corrected chi connectivity index (χ2v) is 26.2. The highest BCUT2D eigenvalue weighted by Crippen LogP contribution is 2.41. The van der Waals surface area contributed by atoms with Crippen molar-refractivity contribution in [1.29, 1.82) is 0 Å². The van der Waals surface area contributed by atoms with Crippen LogP contribution in [0.3, 0.4) is 0 Å². The van der Waals surface area contributed by atoms with E-state index in [2.05, 4.69) is 140 Å². The van der Waals surface area contributed by atoms with Gasteiger partial charge in [0.25, 0.3) is 0 Å². The molecule has 8 rings (SSSR count). The molecule has 4 heteroatoms. The van der Waals surface area contributed by atoms with Crippen molar-refractivity contribution in [2.75, 3.05) is 0 Å². The molecule has 0 N–H and O–H groups in total. The first-order valence-electron chi connectivity index (χ1n) is 32.4. The third kappa shape index (κ3) is 17.5. The van der Waals surface area contributed by atoms with Gasteiger partial charge in [-0.05, 0) is 133 Å². The molecule has 0 spiro atoms. The number of benzene rings is 4. The highest BCUT2D eigenvalue weighted by Gasteiger charge is 2.28. The lowest BCUT2D eigenvalue weighted by atomic mass is 9.83. The number of fused-ring (bicyclic) bond motifs is 6. The van der Waals surface area contributed by atoms with E-state index in [-0.39, 0.29) is 0 Å². The number of rotatable bonds is 37. The van der Waals surface area contributed by atoms with Gasteiger partial charge >= 0.3 is 0 Å². The van der Waals surface area contributed by atoms with E-state index in [1.54, 1.807) is 22.5 Å². The highest BCUT2D eigenvalue weighted by molar-refractivity contribution is 9.10. The van der Waals surface area contributed by atoms with Crippen molar-refractivity contribution in [1.82, 2.24) is 9.13 Å². The molecule has 6 aromatic rings. The zero-order chi connectivity index (χ0) is 52.6. The molecule has 4 aromatic carbocycles. The van der Waals surface area contributed by atoms with Gasteiger partial charge in [-0.1, -0.05) is 288 Å². The lowest BCUT2D eigenvalue weighted by Gasteiger charge is -2.25. The maximum absolute atomic E-state index is 3.83. The second kappa shape index (κ2) is 32.9. The second-order valence-electron chi connectivity index (χ2n) is 24.3. The number of nitrogens with zero attached hydrogens (tertiary/aromatic N) is 2. The Kier molecular flexibility index (Phi) is 25.5. The lowest BCUT2D eigenvalue weighted by molar-refractivity contribution is 0.398. The summed E-state index contributed by atoms with van der Waals surface area (Å²) >= 11 is 7.67. The van der Waals surface area contributed by atoms with E-state index in [0.717, 1.165) is 11.8 Å². The van der Waals surface area contributed by atoms with Crippen LogP contribution in [0.4, 0.5) is 0 Å². The normalized spacial score (nSPS) is 15.5. The Balaban J connectivity index is 0.811. The zero-order valence-corrected chi connectivity index (χ0v) is 51.3. The average molecular weight is 1160 g/mol. The van der Waals surface area contributed by atoms with Crippen molar-refractivity contribution in [3.8, 4) is 22.5 Å². The Hall–Kier alpha value is -3.08. The first-order chi connectivity index (χ1) is 37.5. The van der Waals surface area contributed by atoms with Gasteiger partial charge in [0, 0.05) is 42.5 Å². The topological polar surface area (TPSA) is 9.86 Å². The standard InChI is InChI=1S/C72H102Br2N2/c1-3-5-7-9-11-13-15-17-19-21-23-25-27-29-31-33-35-57-37-49-65-67-55-61(73)43-51-69(67)75(71(65)53-57)63-45-39-59(40-46-63)60-41-47-64(48-42-60)76-70-52-44-62(74)56-68(70)66-50-38-58(54-72(66)76)36-34-32-30-28-26-24-22-20-18-16-14-12-10-8-6-4-2/h39-48,51-52,55-58H,3-38,49-50,53-54H2,1-2H3.